The van der Waals surface area contributed by atoms with E-state index in [1.807, 2.05) is 0 Å². The van der Waals surface area contributed by atoms with Gasteiger partial charge in [-0.1, -0.05) is 13.8 Å². The molecule has 98 valence electrons. The van der Waals surface area contributed by atoms with Crippen LogP contribution in [0.1, 0.15) is 46.0 Å². The Morgan fingerprint density at radius 1 is 1.41 bits per heavy atom. The fraction of sp³-hybridized carbons (Fsp3) is 0.929. The standard InChI is InChI=1S/C14H24O3/c1-10(2)11-4-6-14(7-5-11,12-9-17-12)8-13(15)16-3/h10-12H,4-9H2,1-3H3. The molecule has 1 saturated heterocycles. The third kappa shape index (κ3) is 2.82. The van der Waals surface area contributed by atoms with Gasteiger partial charge in [-0.05, 0) is 37.5 Å². The Balaban J connectivity index is 1.97. The fourth-order valence-corrected chi connectivity index (χ4v) is 3.26. The molecular formula is C14H24O3. The number of hydrogen-bond acceptors (Lipinski definition) is 3. The normalized spacial score (nSPS) is 36.9. The zero-order valence-corrected chi connectivity index (χ0v) is 11.2. The summed E-state index contributed by atoms with van der Waals surface area (Å²) in [6, 6.07) is 0. The SMILES string of the molecule is COC(=O)CC1(C2CO2)CCC(C(C)C)CC1. The van der Waals surface area contributed by atoms with Gasteiger partial charge in [-0.15, -0.1) is 0 Å². The van der Waals surface area contributed by atoms with Crippen LogP contribution in [0.3, 0.4) is 0 Å². The van der Waals surface area contributed by atoms with Crippen molar-refractivity contribution in [1.29, 1.82) is 0 Å². The molecule has 0 spiro atoms. The molecule has 0 aromatic rings. The quantitative estimate of drug-likeness (QED) is 0.560. The first-order valence-electron chi connectivity index (χ1n) is 6.76. The van der Waals surface area contributed by atoms with Crippen molar-refractivity contribution in [1.82, 2.24) is 0 Å². The first kappa shape index (κ1) is 12.9. The van der Waals surface area contributed by atoms with Gasteiger partial charge in [-0.25, -0.2) is 0 Å². The maximum atomic E-state index is 11.6. The van der Waals surface area contributed by atoms with Gasteiger partial charge in [-0.3, -0.25) is 4.79 Å². The van der Waals surface area contributed by atoms with Crippen molar-refractivity contribution in [2.24, 2.45) is 17.3 Å². The van der Waals surface area contributed by atoms with Gasteiger partial charge in [0.2, 0.25) is 0 Å². The highest BCUT2D eigenvalue weighted by atomic mass is 16.6. The Hall–Kier alpha value is -0.570. The van der Waals surface area contributed by atoms with Gasteiger partial charge >= 0.3 is 5.97 Å². The predicted octanol–water partition coefficient (Wildman–Crippen LogP) is 2.78. The lowest BCUT2D eigenvalue weighted by molar-refractivity contribution is -0.144. The molecule has 1 unspecified atom stereocenters. The van der Waals surface area contributed by atoms with Crippen LogP contribution in [0.2, 0.25) is 0 Å². The van der Waals surface area contributed by atoms with Crippen LogP contribution in [-0.4, -0.2) is 25.8 Å². The molecule has 1 aliphatic heterocycles. The van der Waals surface area contributed by atoms with E-state index in [9.17, 15) is 4.79 Å². The second-order valence-corrected chi connectivity index (χ2v) is 6.02. The molecule has 1 saturated carbocycles. The molecule has 0 amide bonds. The first-order valence-corrected chi connectivity index (χ1v) is 6.76. The number of esters is 1. The summed E-state index contributed by atoms with van der Waals surface area (Å²) in [7, 11) is 1.48. The zero-order valence-electron chi connectivity index (χ0n) is 11.2. The highest BCUT2D eigenvalue weighted by Crippen LogP contribution is 2.50. The van der Waals surface area contributed by atoms with E-state index in [1.54, 1.807) is 0 Å². The van der Waals surface area contributed by atoms with Crippen LogP contribution in [-0.2, 0) is 14.3 Å². The Morgan fingerprint density at radius 3 is 2.41 bits per heavy atom. The Kier molecular flexibility index (Phi) is 3.76. The topological polar surface area (TPSA) is 38.8 Å². The third-order valence-corrected chi connectivity index (χ3v) is 4.71. The van der Waals surface area contributed by atoms with Crippen LogP contribution in [0, 0.1) is 17.3 Å². The summed E-state index contributed by atoms with van der Waals surface area (Å²) in [5.74, 6) is 1.49. The van der Waals surface area contributed by atoms with Crippen molar-refractivity contribution < 1.29 is 14.3 Å². The van der Waals surface area contributed by atoms with E-state index in [-0.39, 0.29) is 11.4 Å². The van der Waals surface area contributed by atoms with Crippen molar-refractivity contribution in [2.45, 2.75) is 52.1 Å². The van der Waals surface area contributed by atoms with E-state index in [2.05, 4.69) is 13.8 Å². The van der Waals surface area contributed by atoms with E-state index in [0.29, 0.717) is 12.5 Å². The number of epoxide rings is 1. The molecular weight excluding hydrogens is 216 g/mol. The number of carbonyl (C=O) groups is 1. The van der Waals surface area contributed by atoms with Crippen LogP contribution < -0.4 is 0 Å². The zero-order chi connectivity index (χ0) is 12.5. The summed E-state index contributed by atoms with van der Waals surface area (Å²) < 4.78 is 10.3. The lowest BCUT2D eigenvalue weighted by Crippen LogP contribution is -2.36. The van der Waals surface area contributed by atoms with Crippen LogP contribution >= 0.6 is 0 Å². The highest BCUT2D eigenvalue weighted by Gasteiger charge is 2.50. The number of carbonyl (C=O) groups excluding carboxylic acids is 1. The van der Waals surface area contributed by atoms with Crippen molar-refractivity contribution in [3.63, 3.8) is 0 Å². The largest absolute Gasteiger partial charge is 0.469 e. The minimum Gasteiger partial charge on any atom is -0.469 e. The number of rotatable bonds is 4. The monoisotopic (exact) mass is 240 g/mol. The Morgan fingerprint density at radius 2 is 2.00 bits per heavy atom. The predicted molar refractivity (Wildman–Crippen MR) is 65.6 cm³/mol. The average Bonchev–Trinajstić information content (AvgIpc) is 3.13. The van der Waals surface area contributed by atoms with E-state index in [4.69, 9.17) is 9.47 Å². The molecule has 1 heterocycles. The summed E-state index contributed by atoms with van der Waals surface area (Å²) in [6.45, 7) is 5.43. The average molecular weight is 240 g/mol. The van der Waals surface area contributed by atoms with Crippen LogP contribution in [0.25, 0.3) is 0 Å². The van der Waals surface area contributed by atoms with Crippen LogP contribution in [0.4, 0.5) is 0 Å². The molecule has 2 fully saturated rings. The first-order chi connectivity index (χ1) is 8.07. The Labute approximate surface area is 104 Å². The van der Waals surface area contributed by atoms with E-state index in [1.165, 1.54) is 20.0 Å². The summed E-state index contributed by atoms with van der Waals surface area (Å²) in [4.78, 5) is 11.6. The second-order valence-electron chi connectivity index (χ2n) is 6.02. The summed E-state index contributed by atoms with van der Waals surface area (Å²) in [5, 5.41) is 0. The maximum absolute atomic E-state index is 11.6. The van der Waals surface area contributed by atoms with Gasteiger partial charge < -0.3 is 9.47 Å². The molecule has 0 aromatic heterocycles. The molecule has 3 nitrogen and oxygen atoms in total. The summed E-state index contributed by atoms with van der Waals surface area (Å²) >= 11 is 0. The fourth-order valence-electron chi connectivity index (χ4n) is 3.26. The number of methoxy groups -OCH3 is 1. The molecule has 17 heavy (non-hydrogen) atoms. The van der Waals surface area contributed by atoms with Crippen molar-refractivity contribution in [2.75, 3.05) is 13.7 Å². The number of ether oxygens (including phenoxy) is 2. The highest BCUT2D eigenvalue weighted by molar-refractivity contribution is 5.70. The lowest BCUT2D eigenvalue weighted by Gasteiger charge is -2.39. The molecule has 0 aromatic carbocycles. The molecule has 2 rings (SSSR count). The van der Waals surface area contributed by atoms with Crippen LogP contribution in [0.5, 0.6) is 0 Å². The molecule has 1 aliphatic carbocycles. The van der Waals surface area contributed by atoms with Crippen LogP contribution in [0.15, 0.2) is 0 Å². The molecule has 2 aliphatic rings. The van der Waals surface area contributed by atoms with E-state index in [0.717, 1.165) is 31.3 Å². The van der Waals surface area contributed by atoms with Gasteiger partial charge in [0.1, 0.15) is 0 Å². The minimum atomic E-state index is -0.0801. The van der Waals surface area contributed by atoms with E-state index < -0.39 is 0 Å². The second kappa shape index (κ2) is 4.97. The van der Waals surface area contributed by atoms with Gasteiger partial charge in [0.15, 0.2) is 0 Å². The molecule has 0 bridgehead atoms. The number of hydrogen-bond donors (Lipinski definition) is 0. The smallest absolute Gasteiger partial charge is 0.306 e. The van der Waals surface area contributed by atoms with Gasteiger partial charge in [0.25, 0.3) is 0 Å². The third-order valence-electron chi connectivity index (χ3n) is 4.71. The molecule has 3 heteroatoms. The van der Waals surface area contributed by atoms with Crippen molar-refractivity contribution >= 4 is 5.97 Å². The summed E-state index contributed by atoms with van der Waals surface area (Å²) in [6.07, 6.45) is 5.56. The maximum Gasteiger partial charge on any atom is 0.306 e. The Bertz CT molecular complexity index is 273. The minimum absolute atomic E-state index is 0.0801. The van der Waals surface area contributed by atoms with Gasteiger partial charge in [0.05, 0.1) is 26.2 Å². The van der Waals surface area contributed by atoms with Crippen molar-refractivity contribution in [3.8, 4) is 0 Å². The molecule has 0 radical (unpaired) electrons. The molecule has 1 atom stereocenters. The van der Waals surface area contributed by atoms with E-state index >= 15 is 0 Å². The van der Waals surface area contributed by atoms with Gasteiger partial charge in [0, 0.05) is 5.41 Å². The van der Waals surface area contributed by atoms with Crippen molar-refractivity contribution in [3.05, 3.63) is 0 Å². The van der Waals surface area contributed by atoms with Gasteiger partial charge in [-0.2, -0.15) is 0 Å². The lowest BCUT2D eigenvalue weighted by atomic mass is 9.65. The summed E-state index contributed by atoms with van der Waals surface area (Å²) in [5.41, 5.74) is 0.0818. The molecule has 0 N–H and O–H groups in total.